The number of carbonyl (C=O) groups is 1. The number of aromatic amines is 1. The molecule has 3 N–H and O–H groups in total. The first kappa shape index (κ1) is 20.2. The first-order valence-corrected chi connectivity index (χ1v) is 8.67. The number of H-pyrrole nitrogens is 1. The van der Waals surface area contributed by atoms with Crippen LogP contribution in [0, 0.1) is 0 Å². The van der Waals surface area contributed by atoms with Crippen molar-refractivity contribution in [2.75, 3.05) is 13.7 Å². The summed E-state index contributed by atoms with van der Waals surface area (Å²) in [7, 11) is -2.32. The Morgan fingerprint density at radius 3 is 2.58 bits per heavy atom. The first-order valence-electron chi connectivity index (χ1n) is 6.43. The lowest BCUT2D eigenvalue weighted by molar-refractivity contribution is -0.122. The zero-order valence-electron chi connectivity index (χ0n) is 12.5. The predicted octanol–water partition coefficient (Wildman–Crippen LogP) is 1.95. The lowest BCUT2D eigenvalue weighted by Crippen LogP contribution is -2.26. The summed E-state index contributed by atoms with van der Waals surface area (Å²) in [5.41, 5.74) is 0.830. The van der Waals surface area contributed by atoms with Crippen LogP contribution in [0.2, 0.25) is 10.0 Å². The fourth-order valence-electron chi connectivity index (χ4n) is 1.69. The third-order valence-corrected chi connectivity index (χ3v) is 4.96. The topological polar surface area (TPSA) is 121 Å². The van der Waals surface area contributed by atoms with Gasteiger partial charge >= 0.3 is 0 Å². The summed E-state index contributed by atoms with van der Waals surface area (Å²) in [6.07, 6.45) is 3.65. The van der Waals surface area contributed by atoms with E-state index in [1.54, 1.807) is 6.20 Å². The van der Waals surface area contributed by atoms with E-state index in [9.17, 15) is 8.42 Å². The molecule has 1 aromatic heterocycles. The number of nitrogens with zero attached hydrogens (tertiary/aromatic N) is 1. The van der Waals surface area contributed by atoms with Crippen molar-refractivity contribution in [3.8, 4) is 5.75 Å². The van der Waals surface area contributed by atoms with Gasteiger partial charge in [-0.15, -0.1) is 0 Å². The maximum absolute atomic E-state index is 12.2. The van der Waals surface area contributed by atoms with Gasteiger partial charge in [-0.1, -0.05) is 23.2 Å². The number of aromatic nitrogens is 2. The zero-order chi connectivity index (χ0) is 18.2. The van der Waals surface area contributed by atoms with Crippen LogP contribution >= 0.6 is 23.2 Å². The van der Waals surface area contributed by atoms with Crippen LogP contribution in [0.5, 0.6) is 5.75 Å². The largest absolute Gasteiger partial charge is 0.495 e. The summed E-state index contributed by atoms with van der Waals surface area (Å²) in [5, 5.41) is 7.11. The number of imidazole rings is 1. The van der Waals surface area contributed by atoms with Gasteiger partial charge in [0.05, 0.1) is 23.5 Å². The average molecular weight is 396 g/mol. The van der Waals surface area contributed by atoms with Gasteiger partial charge < -0.3 is 14.8 Å². The maximum atomic E-state index is 12.2. The molecule has 0 radical (unpaired) electrons. The molecule has 24 heavy (non-hydrogen) atoms. The van der Waals surface area contributed by atoms with Gasteiger partial charge in [-0.3, -0.25) is 4.79 Å². The number of rotatable bonds is 6. The number of benzene rings is 1. The fourth-order valence-corrected chi connectivity index (χ4v) is 3.57. The monoisotopic (exact) mass is 395 g/mol. The van der Waals surface area contributed by atoms with Crippen LogP contribution in [-0.4, -0.2) is 43.6 Å². The molecule has 1 heterocycles. The van der Waals surface area contributed by atoms with Crippen LogP contribution in [0.25, 0.3) is 0 Å². The van der Waals surface area contributed by atoms with Crippen molar-refractivity contribution < 1.29 is 23.1 Å². The highest BCUT2D eigenvalue weighted by Crippen LogP contribution is 2.33. The van der Waals surface area contributed by atoms with Gasteiger partial charge in [0.15, 0.2) is 0 Å². The molecule has 0 spiro atoms. The lowest BCUT2D eigenvalue weighted by Gasteiger charge is -2.10. The van der Waals surface area contributed by atoms with Gasteiger partial charge in [0.25, 0.3) is 6.47 Å². The number of methoxy groups -OCH3 is 1. The van der Waals surface area contributed by atoms with E-state index in [4.69, 9.17) is 37.8 Å². The van der Waals surface area contributed by atoms with Crippen LogP contribution < -0.4 is 9.46 Å². The third kappa shape index (κ3) is 5.68. The first-order chi connectivity index (χ1) is 11.4. The SMILES string of the molecule is COc1cc(Cl)c(S(=O)(=O)NCCc2cnc[nH]2)cc1Cl.O=CO. The Kier molecular flexibility index (Phi) is 7.99. The summed E-state index contributed by atoms with van der Waals surface area (Å²) in [4.78, 5) is 15.0. The Bertz CT molecular complexity index is 766. The Labute approximate surface area is 148 Å². The van der Waals surface area contributed by atoms with Crippen molar-refractivity contribution in [1.29, 1.82) is 0 Å². The number of hydrogen-bond donors (Lipinski definition) is 3. The van der Waals surface area contributed by atoms with Gasteiger partial charge in [0, 0.05) is 30.9 Å². The minimum Gasteiger partial charge on any atom is -0.495 e. The van der Waals surface area contributed by atoms with E-state index in [0.29, 0.717) is 12.2 Å². The molecule has 0 bridgehead atoms. The normalized spacial score (nSPS) is 10.6. The number of hydrogen-bond acceptors (Lipinski definition) is 5. The Balaban J connectivity index is 0.000000891. The van der Waals surface area contributed by atoms with Crippen molar-refractivity contribution in [2.45, 2.75) is 11.3 Å². The quantitative estimate of drug-likeness (QED) is 0.642. The number of ether oxygens (including phenoxy) is 1. The number of sulfonamides is 1. The minimum atomic E-state index is -3.75. The molecule has 0 amide bonds. The summed E-state index contributed by atoms with van der Waals surface area (Å²) < 4.78 is 31.9. The Morgan fingerprint density at radius 1 is 1.38 bits per heavy atom. The van der Waals surface area contributed by atoms with E-state index in [-0.39, 0.29) is 28.0 Å². The van der Waals surface area contributed by atoms with E-state index in [1.807, 2.05) is 0 Å². The lowest BCUT2D eigenvalue weighted by atomic mass is 10.3. The molecule has 0 unspecified atom stereocenters. The third-order valence-electron chi connectivity index (χ3n) is 2.74. The Morgan fingerprint density at radius 2 is 2.04 bits per heavy atom. The molecule has 0 atom stereocenters. The predicted molar refractivity (Wildman–Crippen MR) is 89.2 cm³/mol. The van der Waals surface area contributed by atoms with Crippen LogP contribution in [0.3, 0.4) is 0 Å². The van der Waals surface area contributed by atoms with Crippen molar-refractivity contribution in [2.24, 2.45) is 0 Å². The van der Waals surface area contributed by atoms with Gasteiger partial charge in [0.1, 0.15) is 10.6 Å². The highest BCUT2D eigenvalue weighted by atomic mass is 35.5. The summed E-state index contributed by atoms with van der Waals surface area (Å²) >= 11 is 11.9. The molecule has 0 saturated carbocycles. The molecule has 132 valence electrons. The molecule has 0 aliphatic heterocycles. The molecule has 0 saturated heterocycles. The molecule has 0 aliphatic carbocycles. The molecule has 2 aromatic rings. The second-order valence-electron chi connectivity index (χ2n) is 4.25. The van der Waals surface area contributed by atoms with Crippen molar-refractivity contribution in [3.63, 3.8) is 0 Å². The van der Waals surface area contributed by atoms with E-state index in [2.05, 4.69) is 14.7 Å². The van der Waals surface area contributed by atoms with E-state index < -0.39 is 10.0 Å². The Hall–Kier alpha value is -1.81. The highest BCUT2D eigenvalue weighted by molar-refractivity contribution is 7.89. The second kappa shape index (κ2) is 9.48. The van der Waals surface area contributed by atoms with E-state index in [0.717, 1.165) is 5.69 Å². The van der Waals surface area contributed by atoms with Crippen LogP contribution in [-0.2, 0) is 21.2 Å². The van der Waals surface area contributed by atoms with Crippen molar-refractivity contribution in [3.05, 3.63) is 40.4 Å². The smallest absolute Gasteiger partial charge is 0.290 e. The van der Waals surface area contributed by atoms with E-state index >= 15 is 0 Å². The summed E-state index contributed by atoms with van der Waals surface area (Å²) in [6.45, 7) is -0.0372. The maximum Gasteiger partial charge on any atom is 0.290 e. The van der Waals surface area contributed by atoms with Crippen LogP contribution in [0.15, 0.2) is 29.6 Å². The van der Waals surface area contributed by atoms with Gasteiger partial charge in [-0.05, 0) is 6.07 Å². The highest BCUT2D eigenvalue weighted by Gasteiger charge is 2.20. The molecular formula is C13H15Cl2N3O5S. The molecule has 0 fully saturated rings. The number of halogens is 2. The van der Waals surface area contributed by atoms with Gasteiger partial charge in [-0.25, -0.2) is 18.1 Å². The van der Waals surface area contributed by atoms with Crippen molar-refractivity contribution >= 4 is 39.7 Å². The van der Waals surface area contributed by atoms with Gasteiger partial charge in [0.2, 0.25) is 10.0 Å². The van der Waals surface area contributed by atoms with E-state index in [1.165, 1.54) is 25.6 Å². The minimum absolute atomic E-state index is 0.0466. The molecular weight excluding hydrogens is 381 g/mol. The molecule has 0 aliphatic rings. The van der Waals surface area contributed by atoms with Crippen LogP contribution in [0.1, 0.15) is 5.69 Å². The zero-order valence-corrected chi connectivity index (χ0v) is 14.8. The van der Waals surface area contributed by atoms with Crippen molar-refractivity contribution in [1.82, 2.24) is 14.7 Å². The summed E-state index contributed by atoms with van der Waals surface area (Å²) in [5.74, 6) is 0.318. The fraction of sp³-hybridized carbons (Fsp3) is 0.231. The average Bonchev–Trinajstić information content (AvgIpc) is 3.03. The molecule has 8 nitrogen and oxygen atoms in total. The van der Waals surface area contributed by atoms with Gasteiger partial charge in [-0.2, -0.15) is 0 Å². The standard InChI is InChI=1S/C12H13Cl2N3O3S.CH2O2/c1-20-11-4-10(14)12(5-9(11)13)21(18,19)17-3-2-8-6-15-7-16-8;2-1-3/h4-7,17H,2-3H2,1H3,(H,15,16);1H,(H,2,3). The molecule has 11 heteroatoms. The molecule has 1 aromatic carbocycles. The molecule has 2 rings (SSSR count). The second-order valence-corrected chi connectivity index (χ2v) is 6.80. The summed E-state index contributed by atoms with van der Waals surface area (Å²) in [6, 6.07) is 2.63. The van der Waals surface area contributed by atoms with Crippen LogP contribution in [0.4, 0.5) is 0 Å². The number of nitrogens with one attached hydrogen (secondary N) is 2. The number of carboxylic acid groups (broad SMARTS) is 1.